The van der Waals surface area contributed by atoms with Crippen molar-refractivity contribution >= 4 is 52.2 Å². The van der Waals surface area contributed by atoms with Crippen LogP contribution in [-0.2, 0) is 16.1 Å². The summed E-state index contributed by atoms with van der Waals surface area (Å²) >= 11 is 14.9. The van der Waals surface area contributed by atoms with Crippen molar-refractivity contribution in [2.24, 2.45) is 0 Å². The lowest BCUT2D eigenvalue weighted by atomic mass is 10.2. The Morgan fingerprint density at radius 3 is 3.06 bits per heavy atom. The van der Waals surface area contributed by atoms with Gasteiger partial charge in [-0.15, -0.1) is 16.4 Å². The Morgan fingerprint density at radius 2 is 2.26 bits per heavy atom. The molecule has 13 heteroatoms. The Kier molecular flexibility index (Phi) is 7.75. The summed E-state index contributed by atoms with van der Waals surface area (Å²) < 4.78 is 8.06. The van der Waals surface area contributed by atoms with Gasteiger partial charge in [-0.25, -0.2) is 4.98 Å². The van der Waals surface area contributed by atoms with Crippen LogP contribution < -0.4 is 5.32 Å². The van der Waals surface area contributed by atoms with Gasteiger partial charge in [0.15, 0.2) is 10.2 Å². The van der Waals surface area contributed by atoms with Gasteiger partial charge in [0.1, 0.15) is 6.33 Å². The number of carbonyl (C=O) groups excluding carboxylic acids is 1. The molecular weight excluding hydrogens is 481 g/mol. The van der Waals surface area contributed by atoms with Crippen LogP contribution >= 0.6 is 46.3 Å². The number of tetrazole rings is 1. The number of nitrogens with one attached hydrogen (secondary N) is 1. The number of thiazole rings is 1. The number of nitrogens with zero attached hydrogens (tertiary/aromatic N) is 6. The number of aromatic nitrogens is 5. The molecule has 1 amide bonds. The molecule has 3 heterocycles. The molecule has 1 N–H and O–H groups in total. The number of halogens is 2. The smallest absolute Gasteiger partial charge is 0.230 e. The van der Waals surface area contributed by atoms with Crippen LogP contribution in [0.4, 0.5) is 0 Å². The second-order valence-corrected chi connectivity index (χ2v) is 9.69. The van der Waals surface area contributed by atoms with Crippen molar-refractivity contribution in [2.45, 2.75) is 17.0 Å². The van der Waals surface area contributed by atoms with E-state index in [-0.39, 0.29) is 17.8 Å². The third kappa shape index (κ3) is 6.37. The molecule has 9 nitrogen and oxygen atoms in total. The lowest BCUT2D eigenvalue weighted by molar-refractivity contribution is -0.119. The van der Waals surface area contributed by atoms with Crippen molar-refractivity contribution in [1.82, 2.24) is 35.4 Å². The Morgan fingerprint density at radius 1 is 1.35 bits per heavy atom. The molecule has 0 spiro atoms. The Bertz CT molecular complexity index is 1020. The van der Waals surface area contributed by atoms with Gasteiger partial charge in [-0.3, -0.25) is 9.69 Å². The number of amides is 1. The quantitative estimate of drug-likeness (QED) is 0.472. The summed E-state index contributed by atoms with van der Waals surface area (Å²) in [7, 11) is 0. The number of rotatable bonds is 8. The van der Waals surface area contributed by atoms with Gasteiger partial charge >= 0.3 is 0 Å². The van der Waals surface area contributed by atoms with Gasteiger partial charge in [0.25, 0.3) is 0 Å². The average Bonchev–Trinajstić information content (AvgIpc) is 3.45. The second kappa shape index (κ2) is 10.7. The van der Waals surface area contributed by atoms with E-state index in [2.05, 4.69) is 30.7 Å². The maximum absolute atomic E-state index is 12.2. The van der Waals surface area contributed by atoms with Crippen LogP contribution in [0, 0.1) is 0 Å². The van der Waals surface area contributed by atoms with Crippen LogP contribution in [0.15, 0.2) is 34.2 Å². The number of thioether (sulfide) groups is 1. The Labute approximate surface area is 197 Å². The number of morpholine rings is 1. The van der Waals surface area contributed by atoms with Gasteiger partial charge < -0.3 is 10.1 Å². The Balaban J connectivity index is 1.19. The zero-order valence-electron chi connectivity index (χ0n) is 16.3. The first kappa shape index (κ1) is 22.4. The highest BCUT2D eigenvalue weighted by Crippen LogP contribution is 2.24. The van der Waals surface area contributed by atoms with E-state index in [1.165, 1.54) is 34.1 Å². The van der Waals surface area contributed by atoms with E-state index in [1.54, 1.807) is 0 Å². The summed E-state index contributed by atoms with van der Waals surface area (Å²) in [5, 5.41) is 16.9. The molecule has 1 saturated heterocycles. The molecule has 0 radical (unpaired) electrons. The molecule has 4 rings (SSSR count). The standard InChI is InChI=1S/C18H19Cl2N7O2S2/c19-14-2-1-12(5-15(14)20)7-26-3-4-29-13(8-26)6-21-17(28)10-31-18-23-16(9-30-18)27-11-22-24-25-27/h1-2,5,9,11,13H,3-4,6-8,10H2,(H,21,28)/t13-/m0/s1. The molecule has 164 valence electrons. The molecule has 31 heavy (non-hydrogen) atoms. The van der Waals surface area contributed by atoms with Crippen LogP contribution in [0.25, 0.3) is 5.82 Å². The Hall–Kier alpha value is -1.76. The number of benzene rings is 1. The van der Waals surface area contributed by atoms with Crippen molar-refractivity contribution in [2.75, 3.05) is 32.0 Å². The van der Waals surface area contributed by atoms with E-state index in [9.17, 15) is 4.79 Å². The van der Waals surface area contributed by atoms with Gasteiger partial charge in [-0.2, -0.15) is 4.68 Å². The minimum Gasteiger partial charge on any atom is -0.374 e. The van der Waals surface area contributed by atoms with Crippen molar-refractivity contribution < 1.29 is 9.53 Å². The van der Waals surface area contributed by atoms with E-state index < -0.39 is 0 Å². The summed E-state index contributed by atoms with van der Waals surface area (Å²) in [6, 6.07) is 5.67. The topological polar surface area (TPSA) is 98.1 Å². The number of hydrogen-bond donors (Lipinski definition) is 1. The SMILES string of the molecule is O=C(CSc1nc(-n2cnnn2)cs1)NC[C@H]1CN(Cc2ccc(Cl)c(Cl)c2)CCO1. The van der Waals surface area contributed by atoms with E-state index in [1.807, 2.05) is 23.6 Å². The highest BCUT2D eigenvalue weighted by molar-refractivity contribution is 8.01. The van der Waals surface area contributed by atoms with E-state index >= 15 is 0 Å². The predicted octanol–water partition coefficient (Wildman–Crippen LogP) is 2.53. The van der Waals surface area contributed by atoms with Crippen molar-refractivity contribution in [3.8, 4) is 5.82 Å². The summed E-state index contributed by atoms with van der Waals surface area (Å²) in [5.41, 5.74) is 1.10. The number of carbonyl (C=O) groups is 1. The van der Waals surface area contributed by atoms with Crippen molar-refractivity contribution in [3.05, 3.63) is 45.5 Å². The zero-order chi connectivity index (χ0) is 21.6. The van der Waals surface area contributed by atoms with E-state index in [4.69, 9.17) is 27.9 Å². The van der Waals surface area contributed by atoms with Gasteiger partial charge in [0.05, 0.1) is 28.5 Å². The third-order valence-electron chi connectivity index (χ3n) is 4.52. The summed E-state index contributed by atoms with van der Waals surface area (Å²) in [6.07, 6.45) is 1.42. The van der Waals surface area contributed by atoms with Gasteiger partial charge in [-0.1, -0.05) is 41.0 Å². The molecule has 1 aliphatic rings. The largest absolute Gasteiger partial charge is 0.374 e. The van der Waals surface area contributed by atoms with Crippen LogP contribution in [0.2, 0.25) is 10.0 Å². The van der Waals surface area contributed by atoms with Crippen LogP contribution in [-0.4, -0.2) is 74.1 Å². The normalized spacial score (nSPS) is 17.0. The zero-order valence-corrected chi connectivity index (χ0v) is 19.4. The van der Waals surface area contributed by atoms with E-state index in [0.717, 1.165) is 29.5 Å². The molecule has 3 aromatic rings. The molecule has 1 aromatic carbocycles. The van der Waals surface area contributed by atoms with Gasteiger partial charge in [0.2, 0.25) is 5.91 Å². The lowest BCUT2D eigenvalue weighted by Gasteiger charge is -2.33. The second-order valence-electron chi connectivity index (χ2n) is 6.80. The first-order valence-electron chi connectivity index (χ1n) is 9.43. The number of ether oxygens (including phenoxy) is 1. The maximum Gasteiger partial charge on any atom is 0.230 e. The monoisotopic (exact) mass is 499 g/mol. The molecule has 0 unspecified atom stereocenters. The molecular formula is C18H19Cl2N7O2S2. The molecule has 1 aliphatic heterocycles. The number of hydrogen-bond acceptors (Lipinski definition) is 9. The molecule has 0 aliphatic carbocycles. The summed E-state index contributed by atoms with van der Waals surface area (Å²) in [6.45, 7) is 3.40. The molecule has 0 saturated carbocycles. The predicted molar refractivity (Wildman–Crippen MR) is 120 cm³/mol. The summed E-state index contributed by atoms with van der Waals surface area (Å²) in [4.78, 5) is 18.9. The van der Waals surface area contributed by atoms with Crippen LogP contribution in [0.3, 0.4) is 0 Å². The highest BCUT2D eigenvalue weighted by Gasteiger charge is 2.21. The molecule has 0 bridgehead atoms. The van der Waals surface area contributed by atoms with Crippen LogP contribution in [0.5, 0.6) is 0 Å². The first-order chi connectivity index (χ1) is 15.1. The minimum absolute atomic E-state index is 0.0586. The van der Waals surface area contributed by atoms with Crippen LogP contribution in [0.1, 0.15) is 5.56 Å². The van der Waals surface area contributed by atoms with Crippen molar-refractivity contribution in [3.63, 3.8) is 0 Å². The maximum atomic E-state index is 12.2. The molecule has 1 fully saturated rings. The van der Waals surface area contributed by atoms with Gasteiger partial charge in [0, 0.05) is 31.6 Å². The molecule has 2 aromatic heterocycles. The first-order valence-corrected chi connectivity index (χ1v) is 12.1. The fraction of sp³-hybridized carbons (Fsp3) is 0.389. The fourth-order valence-electron chi connectivity index (χ4n) is 3.04. The molecule has 1 atom stereocenters. The highest BCUT2D eigenvalue weighted by atomic mass is 35.5. The van der Waals surface area contributed by atoms with Gasteiger partial charge in [-0.05, 0) is 28.1 Å². The lowest BCUT2D eigenvalue weighted by Crippen LogP contribution is -2.47. The van der Waals surface area contributed by atoms with Crippen molar-refractivity contribution in [1.29, 1.82) is 0 Å². The fourth-order valence-corrected chi connectivity index (χ4v) is 4.98. The van der Waals surface area contributed by atoms with E-state index in [0.29, 0.717) is 29.0 Å². The average molecular weight is 500 g/mol. The third-order valence-corrected chi connectivity index (χ3v) is 7.27. The summed E-state index contributed by atoms with van der Waals surface area (Å²) in [5.74, 6) is 0.854. The minimum atomic E-state index is -0.0608.